The van der Waals surface area contributed by atoms with Gasteiger partial charge in [-0.2, -0.15) is 4.98 Å². The SMILES string of the molecule is COc1ccc(OCc2nnc(SC(C)c3nc(C(C)C)no3)n2-c2ccccc2F)cc1. The average molecular weight is 470 g/mol. The molecule has 2 heterocycles. The molecule has 2 aromatic heterocycles. The van der Waals surface area contributed by atoms with E-state index in [4.69, 9.17) is 14.0 Å². The third-order valence-electron chi connectivity index (χ3n) is 4.82. The molecule has 33 heavy (non-hydrogen) atoms. The van der Waals surface area contributed by atoms with Crippen molar-refractivity contribution in [3.8, 4) is 17.2 Å². The number of hydrogen-bond acceptors (Lipinski definition) is 8. The molecule has 0 aliphatic rings. The Labute approximate surface area is 195 Å². The van der Waals surface area contributed by atoms with Crippen LogP contribution >= 0.6 is 11.8 Å². The molecule has 0 saturated carbocycles. The van der Waals surface area contributed by atoms with E-state index >= 15 is 0 Å². The molecule has 0 aliphatic heterocycles. The van der Waals surface area contributed by atoms with Crippen LogP contribution in [-0.4, -0.2) is 32.0 Å². The first kappa shape index (κ1) is 22.8. The van der Waals surface area contributed by atoms with Gasteiger partial charge in [0.2, 0.25) is 5.89 Å². The van der Waals surface area contributed by atoms with Gasteiger partial charge < -0.3 is 14.0 Å². The quantitative estimate of drug-likeness (QED) is 0.303. The Hall–Kier alpha value is -3.40. The van der Waals surface area contributed by atoms with Crippen LogP contribution in [0.4, 0.5) is 4.39 Å². The molecule has 0 spiro atoms. The van der Waals surface area contributed by atoms with Gasteiger partial charge in [0.05, 0.1) is 18.0 Å². The summed E-state index contributed by atoms with van der Waals surface area (Å²) < 4.78 is 32.8. The molecular formula is C23H24FN5O3S. The third kappa shape index (κ3) is 5.16. The molecule has 0 amide bonds. The van der Waals surface area contributed by atoms with Crippen molar-refractivity contribution in [3.63, 3.8) is 0 Å². The summed E-state index contributed by atoms with van der Waals surface area (Å²) in [6, 6.07) is 13.7. The highest BCUT2D eigenvalue weighted by atomic mass is 32.2. The van der Waals surface area contributed by atoms with Crippen molar-refractivity contribution in [1.82, 2.24) is 24.9 Å². The summed E-state index contributed by atoms with van der Waals surface area (Å²) in [6.45, 7) is 6.02. The summed E-state index contributed by atoms with van der Waals surface area (Å²) in [5, 5.41) is 12.9. The van der Waals surface area contributed by atoms with Crippen molar-refractivity contribution in [2.75, 3.05) is 7.11 Å². The Morgan fingerprint density at radius 2 is 1.76 bits per heavy atom. The van der Waals surface area contributed by atoms with E-state index in [1.807, 2.05) is 20.8 Å². The first-order chi connectivity index (χ1) is 16.0. The fraction of sp³-hybridized carbons (Fsp3) is 0.304. The van der Waals surface area contributed by atoms with Crippen molar-refractivity contribution < 1.29 is 18.4 Å². The highest BCUT2D eigenvalue weighted by Crippen LogP contribution is 2.35. The number of para-hydroxylation sites is 1. The molecule has 4 aromatic rings. The molecule has 0 radical (unpaired) electrons. The monoisotopic (exact) mass is 469 g/mol. The molecule has 1 unspecified atom stereocenters. The molecule has 1 atom stereocenters. The molecule has 4 rings (SSSR count). The maximum absolute atomic E-state index is 14.7. The maximum atomic E-state index is 14.7. The van der Waals surface area contributed by atoms with Crippen LogP contribution in [0.2, 0.25) is 0 Å². The van der Waals surface area contributed by atoms with E-state index in [1.54, 1.807) is 54.1 Å². The van der Waals surface area contributed by atoms with E-state index in [-0.39, 0.29) is 17.8 Å². The van der Waals surface area contributed by atoms with Crippen LogP contribution in [0.5, 0.6) is 11.5 Å². The summed E-state index contributed by atoms with van der Waals surface area (Å²) in [5.74, 6) is 2.70. The van der Waals surface area contributed by atoms with Gasteiger partial charge in [-0.25, -0.2) is 4.39 Å². The summed E-state index contributed by atoms with van der Waals surface area (Å²) in [6.07, 6.45) is 0. The molecule has 0 bridgehead atoms. The van der Waals surface area contributed by atoms with Gasteiger partial charge in [-0.15, -0.1) is 10.2 Å². The lowest BCUT2D eigenvalue weighted by Crippen LogP contribution is -2.08. The first-order valence-electron chi connectivity index (χ1n) is 10.4. The summed E-state index contributed by atoms with van der Waals surface area (Å²) >= 11 is 1.35. The maximum Gasteiger partial charge on any atom is 0.239 e. The number of methoxy groups -OCH3 is 1. The van der Waals surface area contributed by atoms with E-state index in [0.29, 0.717) is 34.1 Å². The Morgan fingerprint density at radius 1 is 1.03 bits per heavy atom. The molecule has 2 aromatic carbocycles. The zero-order chi connectivity index (χ0) is 23.4. The molecule has 0 fully saturated rings. The summed E-state index contributed by atoms with van der Waals surface area (Å²) in [5.41, 5.74) is 0.332. The van der Waals surface area contributed by atoms with Gasteiger partial charge in [0, 0.05) is 5.92 Å². The normalized spacial score (nSPS) is 12.2. The second-order valence-corrected chi connectivity index (χ2v) is 8.86. The van der Waals surface area contributed by atoms with Crippen LogP contribution in [0.1, 0.15) is 49.5 Å². The van der Waals surface area contributed by atoms with Crippen LogP contribution in [-0.2, 0) is 6.61 Å². The van der Waals surface area contributed by atoms with E-state index in [1.165, 1.54) is 17.8 Å². The Morgan fingerprint density at radius 3 is 2.42 bits per heavy atom. The number of rotatable bonds is 9. The number of benzene rings is 2. The molecule has 172 valence electrons. The third-order valence-corrected chi connectivity index (χ3v) is 5.86. The number of aromatic nitrogens is 5. The van der Waals surface area contributed by atoms with Gasteiger partial charge in [-0.3, -0.25) is 4.57 Å². The average Bonchev–Trinajstić information content (AvgIpc) is 3.46. The second-order valence-electron chi connectivity index (χ2n) is 7.56. The first-order valence-corrected chi connectivity index (χ1v) is 11.3. The fourth-order valence-corrected chi connectivity index (χ4v) is 3.93. The highest BCUT2D eigenvalue weighted by molar-refractivity contribution is 7.99. The van der Waals surface area contributed by atoms with Crippen LogP contribution in [0.3, 0.4) is 0 Å². The van der Waals surface area contributed by atoms with Gasteiger partial charge in [0.1, 0.15) is 23.9 Å². The lowest BCUT2D eigenvalue weighted by molar-refractivity contribution is 0.292. The van der Waals surface area contributed by atoms with Gasteiger partial charge in [0.25, 0.3) is 0 Å². The molecule has 8 nitrogen and oxygen atoms in total. The van der Waals surface area contributed by atoms with E-state index in [0.717, 1.165) is 5.75 Å². The summed E-state index contributed by atoms with van der Waals surface area (Å²) in [4.78, 5) is 4.46. The van der Waals surface area contributed by atoms with E-state index in [2.05, 4.69) is 20.3 Å². The van der Waals surface area contributed by atoms with Crippen LogP contribution < -0.4 is 9.47 Å². The zero-order valence-electron chi connectivity index (χ0n) is 18.7. The number of hydrogen-bond donors (Lipinski definition) is 0. The smallest absolute Gasteiger partial charge is 0.239 e. The zero-order valence-corrected chi connectivity index (χ0v) is 19.5. The Bertz CT molecular complexity index is 1210. The number of halogens is 1. The molecule has 0 N–H and O–H groups in total. The van der Waals surface area contributed by atoms with Crippen LogP contribution in [0, 0.1) is 5.82 Å². The van der Waals surface area contributed by atoms with Gasteiger partial charge in [-0.05, 0) is 43.3 Å². The highest BCUT2D eigenvalue weighted by Gasteiger charge is 2.23. The van der Waals surface area contributed by atoms with Gasteiger partial charge in [-0.1, -0.05) is 42.9 Å². The Kier molecular flexibility index (Phi) is 6.93. The standard InChI is InChI=1S/C23H24FN5O3S/c1-14(2)21-25-22(32-28-21)15(3)33-23-27-26-20(29(23)19-8-6-5-7-18(19)24)13-31-17-11-9-16(30-4)10-12-17/h5-12,14-15H,13H2,1-4H3. The van der Waals surface area contributed by atoms with Crippen molar-refractivity contribution >= 4 is 11.8 Å². The van der Waals surface area contributed by atoms with Crippen LogP contribution in [0.15, 0.2) is 58.2 Å². The fourth-order valence-electron chi connectivity index (χ4n) is 3.02. The van der Waals surface area contributed by atoms with Crippen molar-refractivity contribution in [2.24, 2.45) is 0 Å². The van der Waals surface area contributed by atoms with E-state index in [9.17, 15) is 4.39 Å². The predicted octanol–water partition coefficient (Wildman–Crippen LogP) is 5.35. The van der Waals surface area contributed by atoms with Crippen molar-refractivity contribution in [2.45, 2.75) is 43.7 Å². The molecule has 0 saturated heterocycles. The largest absolute Gasteiger partial charge is 0.497 e. The van der Waals surface area contributed by atoms with E-state index < -0.39 is 5.82 Å². The number of nitrogens with zero attached hydrogens (tertiary/aromatic N) is 5. The Balaban J connectivity index is 1.61. The number of thioether (sulfide) groups is 1. The molecule has 10 heteroatoms. The lowest BCUT2D eigenvalue weighted by atomic mass is 10.2. The lowest BCUT2D eigenvalue weighted by Gasteiger charge is -2.13. The minimum Gasteiger partial charge on any atom is -0.497 e. The van der Waals surface area contributed by atoms with Crippen molar-refractivity contribution in [1.29, 1.82) is 0 Å². The minimum atomic E-state index is -0.391. The van der Waals surface area contributed by atoms with Gasteiger partial charge >= 0.3 is 0 Å². The molecular weight excluding hydrogens is 445 g/mol. The number of ether oxygens (including phenoxy) is 2. The second kappa shape index (κ2) is 10.0. The topological polar surface area (TPSA) is 88.1 Å². The summed E-state index contributed by atoms with van der Waals surface area (Å²) in [7, 11) is 1.60. The van der Waals surface area contributed by atoms with Crippen molar-refractivity contribution in [3.05, 3.63) is 71.9 Å². The minimum absolute atomic E-state index is 0.0979. The van der Waals surface area contributed by atoms with Crippen LogP contribution in [0.25, 0.3) is 5.69 Å². The predicted molar refractivity (Wildman–Crippen MR) is 121 cm³/mol. The molecule has 0 aliphatic carbocycles. The van der Waals surface area contributed by atoms with Gasteiger partial charge in [0.15, 0.2) is 16.8 Å².